The van der Waals surface area contributed by atoms with Crippen LogP contribution in [0.25, 0.3) is 0 Å². The molecule has 3 aromatic rings. The summed E-state index contributed by atoms with van der Waals surface area (Å²) in [6, 6.07) is 15.7. The van der Waals surface area contributed by atoms with Crippen molar-refractivity contribution in [3.63, 3.8) is 0 Å². The largest absolute Gasteiger partial charge is 0.366 e. The maximum atomic E-state index is 13.9. The number of nitrogens with two attached hydrogens (primary N) is 1. The normalized spacial score (nSPS) is 15.9. The van der Waals surface area contributed by atoms with Gasteiger partial charge in [0.1, 0.15) is 11.9 Å². The first-order valence-electron chi connectivity index (χ1n) is 8.70. The first kappa shape index (κ1) is 18.2. The molecule has 1 aliphatic heterocycles. The van der Waals surface area contributed by atoms with Gasteiger partial charge in [-0.3, -0.25) is 4.79 Å². The highest BCUT2D eigenvalue weighted by molar-refractivity contribution is 7.98. The van der Waals surface area contributed by atoms with Crippen molar-refractivity contribution in [2.45, 2.75) is 23.9 Å². The molecule has 28 heavy (non-hydrogen) atoms. The Hall–Kier alpha value is -3.13. The van der Waals surface area contributed by atoms with Gasteiger partial charge in [0.2, 0.25) is 17.0 Å². The molecule has 1 amide bonds. The quantitative estimate of drug-likeness (QED) is 0.646. The molecule has 1 aliphatic rings. The van der Waals surface area contributed by atoms with Crippen LogP contribution in [0.2, 0.25) is 0 Å². The summed E-state index contributed by atoms with van der Waals surface area (Å²) in [5.74, 6) is 0.155. The number of halogens is 1. The van der Waals surface area contributed by atoms with Crippen LogP contribution in [0.1, 0.15) is 24.1 Å². The molecule has 0 aliphatic carbocycles. The molecule has 0 radical (unpaired) electrons. The number of allylic oxidation sites excluding steroid dienone is 1. The molecule has 1 aromatic heterocycles. The topological polar surface area (TPSA) is 85.8 Å². The van der Waals surface area contributed by atoms with Crippen molar-refractivity contribution in [1.82, 2.24) is 14.8 Å². The summed E-state index contributed by atoms with van der Waals surface area (Å²) < 4.78 is 15.5. The highest BCUT2D eigenvalue weighted by Crippen LogP contribution is 2.36. The molecule has 0 fully saturated rings. The maximum Gasteiger partial charge on any atom is 0.248 e. The van der Waals surface area contributed by atoms with Gasteiger partial charge >= 0.3 is 0 Å². The monoisotopic (exact) mass is 395 g/mol. The highest BCUT2D eigenvalue weighted by atomic mass is 32.2. The number of anilines is 1. The van der Waals surface area contributed by atoms with Crippen LogP contribution in [0.4, 0.5) is 10.3 Å². The lowest BCUT2D eigenvalue weighted by Gasteiger charge is -2.27. The summed E-state index contributed by atoms with van der Waals surface area (Å²) in [4.78, 5) is 16.6. The average Bonchev–Trinajstić information content (AvgIpc) is 3.09. The molecular formula is C20H18FN5OS. The van der Waals surface area contributed by atoms with Gasteiger partial charge in [0.25, 0.3) is 0 Å². The third-order valence-corrected chi connectivity index (χ3v) is 5.42. The van der Waals surface area contributed by atoms with E-state index in [9.17, 15) is 9.18 Å². The number of hydrogen-bond donors (Lipinski definition) is 2. The molecule has 4 rings (SSSR count). The van der Waals surface area contributed by atoms with Crippen molar-refractivity contribution in [3.05, 3.63) is 82.8 Å². The predicted octanol–water partition coefficient (Wildman–Crippen LogP) is 3.48. The molecule has 0 unspecified atom stereocenters. The molecule has 6 nitrogen and oxygen atoms in total. The van der Waals surface area contributed by atoms with Crippen molar-refractivity contribution in [1.29, 1.82) is 0 Å². The van der Waals surface area contributed by atoms with Crippen molar-refractivity contribution < 1.29 is 9.18 Å². The Morgan fingerprint density at radius 1 is 1.21 bits per heavy atom. The number of thioether (sulfide) groups is 1. The molecule has 8 heteroatoms. The standard InChI is InChI=1S/C20H18FN5OS/c1-12-16(18(22)27)17(13-7-3-2-4-8-13)26-19(23-12)24-20(25-26)28-11-14-9-5-6-10-15(14)21/h2-10,17H,11H2,1H3,(H2,22,27)(H,23,24,25)/t17-/m0/s1. The van der Waals surface area contributed by atoms with Crippen molar-refractivity contribution in [2.24, 2.45) is 5.73 Å². The minimum Gasteiger partial charge on any atom is -0.366 e. The van der Waals surface area contributed by atoms with Gasteiger partial charge in [0.15, 0.2) is 0 Å². The number of primary amides is 1. The van der Waals surface area contributed by atoms with Crippen LogP contribution in [-0.4, -0.2) is 20.7 Å². The first-order chi connectivity index (χ1) is 13.5. The lowest BCUT2D eigenvalue weighted by atomic mass is 9.95. The van der Waals surface area contributed by atoms with Gasteiger partial charge in [-0.2, -0.15) is 4.98 Å². The fourth-order valence-corrected chi connectivity index (χ4v) is 4.03. The lowest BCUT2D eigenvalue weighted by Crippen LogP contribution is -2.31. The molecule has 0 bridgehead atoms. The number of fused-ring (bicyclic) bond motifs is 1. The zero-order valence-corrected chi connectivity index (χ0v) is 15.9. The van der Waals surface area contributed by atoms with Gasteiger partial charge in [-0.05, 0) is 24.1 Å². The number of aromatic nitrogens is 3. The third-order valence-electron chi connectivity index (χ3n) is 4.53. The van der Waals surface area contributed by atoms with Gasteiger partial charge < -0.3 is 11.1 Å². The molecule has 0 saturated carbocycles. The van der Waals surface area contributed by atoms with Crippen LogP contribution in [-0.2, 0) is 10.5 Å². The Balaban J connectivity index is 1.68. The number of nitrogens with one attached hydrogen (secondary N) is 1. The molecule has 142 valence electrons. The minimum atomic E-state index is -0.513. The van der Waals surface area contributed by atoms with E-state index in [2.05, 4.69) is 15.4 Å². The zero-order valence-electron chi connectivity index (χ0n) is 15.1. The van der Waals surface area contributed by atoms with Crippen molar-refractivity contribution >= 4 is 23.6 Å². The van der Waals surface area contributed by atoms with E-state index in [1.165, 1.54) is 17.8 Å². The van der Waals surface area contributed by atoms with Gasteiger partial charge in [-0.25, -0.2) is 9.07 Å². The zero-order chi connectivity index (χ0) is 19.7. The van der Waals surface area contributed by atoms with Gasteiger partial charge in [-0.15, -0.1) is 5.10 Å². The summed E-state index contributed by atoms with van der Waals surface area (Å²) in [6.07, 6.45) is 0. The SMILES string of the molecule is CC1=C(C(N)=O)[C@H](c2ccccc2)n2nc(SCc3ccccc3F)nc2N1. The van der Waals surface area contributed by atoms with Crippen LogP contribution in [0.15, 0.2) is 71.0 Å². The van der Waals surface area contributed by atoms with E-state index < -0.39 is 11.9 Å². The number of rotatable bonds is 5. The van der Waals surface area contributed by atoms with Crippen LogP contribution in [0, 0.1) is 5.82 Å². The second-order valence-corrected chi connectivity index (χ2v) is 7.33. The van der Waals surface area contributed by atoms with E-state index in [0.717, 1.165) is 5.56 Å². The Morgan fingerprint density at radius 3 is 2.64 bits per heavy atom. The number of hydrogen-bond acceptors (Lipinski definition) is 5. The van der Waals surface area contributed by atoms with Crippen LogP contribution in [0.5, 0.6) is 0 Å². The van der Waals surface area contributed by atoms with E-state index in [-0.39, 0.29) is 5.82 Å². The molecule has 2 aromatic carbocycles. The fraction of sp³-hybridized carbons (Fsp3) is 0.150. The third kappa shape index (κ3) is 3.38. The summed E-state index contributed by atoms with van der Waals surface area (Å²) in [5, 5.41) is 8.15. The predicted molar refractivity (Wildman–Crippen MR) is 106 cm³/mol. The maximum absolute atomic E-state index is 13.9. The smallest absolute Gasteiger partial charge is 0.248 e. The molecule has 2 heterocycles. The summed E-state index contributed by atoms with van der Waals surface area (Å²) in [6.45, 7) is 1.79. The minimum absolute atomic E-state index is 0.257. The second-order valence-electron chi connectivity index (χ2n) is 6.38. The fourth-order valence-electron chi connectivity index (χ4n) is 3.21. The van der Waals surface area contributed by atoms with Crippen molar-refractivity contribution in [3.8, 4) is 0 Å². The van der Waals surface area contributed by atoms with E-state index in [4.69, 9.17) is 5.73 Å². The molecular weight excluding hydrogens is 377 g/mol. The van der Waals surface area contributed by atoms with Gasteiger partial charge in [-0.1, -0.05) is 60.3 Å². The number of amides is 1. The Bertz CT molecular complexity index is 1060. The first-order valence-corrected chi connectivity index (χ1v) is 9.68. The molecule has 0 saturated heterocycles. The number of nitrogens with zero attached hydrogens (tertiary/aromatic N) is 3. The van der Waals surface area contributed by atoms with Crippen LogP contribution < -0.4 is 11.1 Å². The van der Waals surface area contributed by atoms with E-state index >= 15 is 0 Å². The van der Waals surface area contributed by atoms with E-state index in [1.807, 2.05) is 30.3 Å². The number of carbonyl (C=O) groups is 1. The van der Waals surface area contributed by atoms with Gasteiger partial charge in [0.05, 0.1) is 5.57 Å². The number of carbonyl (C=O) groups excluding carboxylic acids is 1. The summed E-state index contributed by atoms with van der Waals surface area (Å²) in [7, 11) is 0. The second kappa shape index (κ2) is 7.47. The summed E-state index contributed by atoms with van der Waals surface area (Å²) >= 11 is 1.33. The van der Waals surface area contributed by atoms with Gasteiger partial charge in [0, 0.05) is 11.4 Å². The molecule has 0 spiro atoms. The van der Waals surface area contributed by atoms with Crippen LogP contribution in [0.3, 0.4) is 0 Å². The Morgan fingerprint density at radius 2 is 1.93 bits per heavy atom. The Labute approximate surface area is 165 Å². The lowest BCUT2D eigenvalue weighted by molar-refractivity contribution is -0.115. The highest BCUT2D eigenvalue weighted by Gasteiger charge is 2.33. The molecule has 1 atom stereocenters. The van der Waals surface area contributed by atoms with Crippen LogP contribution >= 0.6 is 11.8 Å². The van der Waals surface area contributed by atoms with E-state index in [0.29, 0.717) is 33.7 Å². The summed E-state index contributed by atoms with van der Waals surface area (Å²) in [5.41, 5.74) is 8.21. The Kier molecular flexibility index (Phi) is 4.87. The van der Waals surface area contributed by atoms with Crippen molar-refractivity contribution in [2.75, 3.05) is 5.32 Å². The molecule has 3 N–H and O–H groups in total. The average molecular weight is 395 g/mol. The number of benzene rings is 2. The van der Waals surface area contributed by atoms with E-state index in [1.54, 1.807) is 29.8 Å².